The van der Waals surface area contributed by atoms with Gasteiger partial charge >= 0.3 is 0 Å². The van der Waals surface area contributed by atoms with Crippen molar-refractivity contribution in [1.29, 1.82) is 0 Å². The number of nitrogens with two attached hydrogens (primary N) is 1. The van der Waals surface area contributed by atoms with Gasteiger partial charge in [0, 0.05) is 22.7 Å². The van der Waals surface area contributed by atoms with E-state index < -0.39 is 5.91 Å². The van der Waals surface area contributed by atoms with Crippen molar-refractivity contribution in [2.24, 2.45) is 5.73 Å². The minimum Gasteiger partial charge on any atom is -0.364 e. The first-order valence-electron chi connectivity index (χ1n) is 8.20. The molecule has 3 N–H and O–H groups in total. The lowest BCUT2D eigenvalue weighted by Crippen LogP contribution is -2.24. The fourth-order valence-corrected chi connectivity index (χ4v) is 4.40. The maximum atomic E-state index is 13.2. The van der Waals surface area contributed by atoms with Crippen molar-refractivity contribution >= 4 is 27.3 Å². The van der Waals surface area contributed by atoms with E-state index in [0.29, 0.717) is 6.04 Å². The monoisotopic (exact) mass is 356 g/mol. The predicted molar refractivity (Wildman–Crippen MR) is 96.1 cm³/mol. The van der Waals surface area contributed by atoms with Crippen LogP contribution in [0.4, 0.5) is 4.39 Å². The fourth-order valence-electron chi connectivity index (χ4n) is 3.22. The van der Waals surface area contributed by atoms with Gasteiger partial charge in [-0.3, -0.25) is 4.79 Å². The molecule has 0 radical (unpaired) electrons. The number of nitrogens with zero attached hydrogens (tertiary/aromatic N) is 2. The lowest BCUT2D eigenvalue weighted by atomic mass is 10.1. The molecule has 1 saturated heterocycles. The second-order valence-corrected chi connectivity index (χ2v) is 7.27. The lowest BCUT2D eigenvalue weighted by Gasteiger charge is -2.10. The number of rotatable bonds is 4. The minimum absolute atomic E-state index is 0.191. The maximum Gasteiger partial charge on any atom is 0.270 e. The van der Waals surface area contributed by atoms with Crippen LogP contribution in [0.15, 0.2) is 30.3 Å². The first kappa shape index (κ1) is 16.1. The first-order valence-corrected chi connectivity index (χ1v) is 9.01. The third kappa shape index (κ3) is 3.12. The number of thiophene rings is 1. The van der Waals surface area contributed by atoms with Gasteiger partial charge in [0.1, 0.15) is 5.82 Å². The molecule has 5 nitrogen and oxygen atoms in total. The lowest BCUT2D eigenvalue weighted by molar-refractivity contribution is 0.0996. The summed E-state index contributed by atoms with van der Waals surface area (Å²) in [6.45, 7) is 1.02. The predicted octanol–water partition coefficient (Wildman–Crippen LogP) is 2.89. The molecule has 1 aliphatic rings. The summed E-state index contributed by atoms with van der Waals surface area (Å²) in [5, 5.41) is 12.7. The Bertz CT molecular complexity index is 932. The number of hydrogen-bond acceptors (Lipinski definition) is 5. The van der Waals surface area contributed by atoms with Crippen molar-refractivity contribution in [1.82, 2.24) is 15.5 Å². The van der Waals surface area contributed by atoms with E-state index in [-0.39, 0.29) is 11.5 Å². The van der Waals surface area contributed by atoms with E-state index in [2.05, 4.69) is 15.5 Å². The summed E-state index contributed by atoms with van der Waals surface area (Å²) in [5.41, 5.74) is 7.41. The summed E-state index contributed by atoms with van der Waals surface area (Å²) < 4.78 is 13.9. The quantitative estimate of drug-likeness (QED) is 0.753. The highest BCUT2D eigenvalue weighted by Crippen LogP contribution is 2.36. The van der Waals surface area contributed by atoms with E-state index in [0.717, 1.165) is 52.0 Å². The number of nitrogens with one attached hydrogen (secondary N) is 1. The SMILES string of the molecule is NC(=O)c1nnc(CC2CCCN2)c2cc(-c3ccc(F)cc3)sc12. The number of aromatic nitrogens is 2. The zero-order valence-corrected chi connectivity index (χ0v) is 14.3. The molecule has 1 amide bonds. The van der Waals surface area contributed by atoms with E-state index in [4.69, 9.17) is 5.73 Å². The molecule has 2 aromatic heterocycles. The van der Waals surface area contributed by atoms with Gasteiger partial charge in [0.15, 0.2) is 5.69 Å². The Morgan fingerprint density at radius 2 is 2.12 bits per heavy atom. The van der Waals surface area contributed by atoms with Crippen molar-refractivity contribution in [3.63, 3.8) is 0 Å². The van der Waals surface area contributed by atoms with Crippen LogP contribution in [0, 0.1) is 5.82 Å². The summed E-state index contributed by atoms with van der Waals surface area (Å²) in [6.07, 6.45) is 3.03. The average Bonchev–Trinajstić information content (AvgIpc) is 3.25. The van der Waals surface area contributed by atoms with E-state index in [1.54, 1.807) is 12.1 Å². The largest absolute Gasteiger partial charge is 0.364 e. The maximum absolute atomic E-state index is 13.2. The molecule has 0 spiro atoms. The van der Waals surface area contributed by atoms with Crippen molar-refractivity contribution < 1.29 is 9.18 Å². The molecule has 0 bridgehead atoms. The molecule has 1 aromatic carbocycles. The van der Waals surface area contributed by atoms with Gasteiger partial charge < -0.3 is 11.1 Å². The second-order valence-electron chi connectivity index (χ2n) is 6.22. The molecule has 4 rings (SSSR count). The molecule has 128 valence electrons. The topological polar surface area (TPSA) is 80.9 Å². The molecule has 1 unspecified atom stereocenters. The van der Waals surface area contributed by atoms with Crippen LogP contribution in [0.1, 0.15) is 29.0 Å². The second kappa shape index (κ2) is 6.50. The third-order valence-corrected chi connectivity index (χ3v) is 5.68. The number of amides is 1. The highest BCUT2D eigenvalue weighted by molar-refractivity contribution is 7.22. The third-order valence-electron chi connectivity index (χ3n) is 4.49. The molecule has 3 heterocycles. The van der Waals surface area contributed by atoms with Crippen LogP contribution in [-0.4, -0.2) is 28.7 Å². The molecule has 25 heavy (non-hydrogen) atoms. The summed E-state index contributed by atoms with van der Waals surface area (Å²) in [6, 6.07) is 8.68. The molecular weight excluding hydrogens is 339 g/mol. The molecule has 0 saturated carbocycles. The molecule has 0 aliphatic carbocycles. The fraction of sp³-hybridized carbons (Fsp3) is 0.278. The van der Waals surface area contributed by atoms with E-state index in [1.807, 2.05) is 6.07 Å². The zero-order valence-electron chi connectivity index (χ0n) is 13.5. The van der Waals surface area contributed by atoms with E-state index in [1.165, 1.54) is 23.5 Å². The van der Waals surface area contributed by atoms with Crippen LogP contribution in [-0.2, 0) is 6.42 Å². The molecule has 1 aliphatic heterocycles. The van der Waals surface area contributed by atoms with Gasteiger partial charge in [-0.25, -0.2) is 4.39 Å². The van der Waals surface area contributed by atoms with Crippen molar-refractivity contribution in [2.75, 3.05) is 6.54 Å². The van der Waals surface area contributed by atoms with Gasteiger partial charge in [-0.2, -0.15) is 5.10 Å². The minimum atomic E-state index is -0.587. The summed E-state index contributed by atoms with van der Waals surface area (Å²) in [5.74, 6) is -0.866. The Morgan fingerprint density at radius 1 is 1.32 bits per heavy atom. The standard InChI is InChI=1S/C18H17FN4OS/c19-11-5-3-10(4-6-11)15-9-13-14(8-12-2-1-7-21-12)22-23-16(18(20)24)17(13)25-15/h3-6,9,12,21H,1-2,7-8H2,(H2,20,24). The number of primary amides is 1. The molecular formula is C18H17FN4OS. The van der Waals surface area contributed by atoms with Crippen molar-refractivity contribution in [3.8, 4) is 10.4 Å². The van der Waals surface area contributed by atoms with Crippen LogP contribution in [0.3, 0.4) is 0 Å². The summed E-state index contributed by atoms with van der Waals surface area (Å²) >= 11 is 1.44. The Kier molecular flexibility index (Phi) is 4.19. The number of fused-ring (bicyclic) bond motifs is 1. The van der Waals surface area contributed by atoms with E-state index >= 15 is 0 Å². The Morgan fingerprint density at radius 3 is 2.80 bits per heavy atom. The number of benzene rings is 1. The van der Waals surface area contributed by atoms with Gasteiger partial charge in [0.05, 0.1) is 10.4 Å². The van der Waals surface area contributed by atoms with Crippen LogP contribution < -0.4 is 11.1 Å². The van der Waals surface area contributed by atoms with Gasteiger partial charge in [0.25, 0.3) is 5.91 Å². The van der Waals surface area contributed by atoms with Crippen LogP contribution in [0.2, 0.25) is 0 Å². The van der Waals surface area contributed by atoms with Gasteiger partial charge in [-0.1, -0.05) is 12.1 Å². The Labute approximate surface area is 148 Å². The van der Waals surface area contributed by atoms with Crippen LogP contribution >= 0.6 is 11.3 Å². The van der Waals surface area contributed by atoms with Crippen LogP contribution in [0.25, 0.3) is 20.5 Å². The van der Waals surface area contributed by atoms with Gasteiger partial charge in [-0.15, -0.1) is 16.4 Å². The van der Waals surface area contributed by atoms with E-state index in [9.17, 15) is 9.18 Å². The van der Waals surface area contributed by atoms with Crippen LogP contribution in [0.5, 0.6) is 0 Å². The van der Waals surface area contributed by atoms with Gasteiger partial charge in [-0.05, 0) is 43.1 Å². The number of hydrogen-bond donors (Lipinski definition) is 2. The summed E-state index contributed by atoms with van der Waals surface area (Å²) in [4.78, 5) is 12.7. The average molecular weight is 356 g/mol. The number of halogens is 1. The first-order chi connectivity index (χ1) is 12.1. The number of carbonyl (C=O) groups excluding carboxylic acids is 1. The summed E-state index contributed by atoms with van der Waals surface area (Å²) in [7, 11) is 0. The highest BCUT2D eigenvalue weighted by atomic mass is 32.1. The molecule has 7 heteroatoms. The molecule has 1 fully saturated rings. The van der Waals surface area contributed by atoms with Crippen molar-refractivity contribution in [2.45, 2.75) is 25.3 Å². The Hall–Kier alpha value is -2.38. The molecule has 1 atom stereocenters. The molecule has 3 aromatic rings. The normalized spacial score (nSPS) is 17.2. The Balaban J connectivity index is 1.82. The highest BCUT2D eigenvalue weighted by Gasteiger charge is 2.21. The zero-order chi connectivity index (χ0) is 17.4. The van der Waals surface area contributed by atoms with Gasteiger partial charge in [0.2, 0.25) is 0 Å². The van der Waals surface area contributed by atoms with Crippen molar-refractivity contribution in [3.05, 3.63) is 47.5 Å². The number of carbonyl (C=O) groups is 1. The smallest absolute Gasteiger partial charge is 0.270 e.